The van der Waals surface area contributed by atoms with Crippen LogP contribution in [0.2, 0.25) is 0 Å². The number of benzene rings is 2. The molecule has 0 aromatic heterocycles. The number of sulfonamides is 1. The molecule has 0 aliphatic carbocycles. The summed E-state index contributed by atoms with van der Waals surface area (Å²) in [7, 11) is -2.63. The Hall–Kier alpha value is -3.15. The van der Waals surface area contributed by atoms with Crippen molar-refractivity contribution >= 4 is 22.0 Å². The molecule has 1 atom stereocenters. The fraction of sp³-hybridized carbons (Fsp3) is 0.333. The minimum Gasteiger partial charge on any atom is -0.497 e. The number of rotatable bonds is 6. The van der Waals surface area contributed by atoms with Gasteiger partial charge in [-0.05, 0) is 36.2 Å². The number of hydroxylamine groups is 1. The lowest BCUT2D eigenvalue weighted by Crippen LogP contribution is -2.49. The molecular formula is C21H25N3O7S. The van der Waals surface area contributed by atoms with E-state index in [0.717, 1.165) is 9.87 Å². The molecule has 2 N–H and O–H groups in total. The number of carbonyl (C=O) groups excluding carboxylic acids is 2. The summed E-state index contributed by atoms with van der Waals surface area (Å²) in [6.45, 7) is 0.0377. The first-order valence-corrected chi connectivity index (χ1v) is 11.4. The van der Waals surface area contributed by atoms with Crippen molar-refractivity contribution in [3.63, 3.8) is 0 Å². The molecular weight excluding hydrogens is 438 g/mol. The maximum atomic E-state index is 13.2. The van der Waals surface area contributed by atoms with Crippen molar-refractivity contribution in [2.45, 2.75) is 24.0 Å². The van der Waals surface area contributed by atoms with E-state index in [1.54, 1.807) is 0 Å². The van der Waals surface area contributed by atoms with Crippen molar-refractivity contribution in [1.82, 2.24) is 14.7 Å². The molecule has 1 aliphatic heterocycles. The summed E-state index contributed by atoms with van der Waals surface area (Å²) in [4.78, 5) is 26.1. The van der Waals surface area contributed by atoms with E-state index < -0.39 is 28.1 Å². The first kappa shape index (κ1) is 23.5. The highest BCUT2D eigenvalue weighted by Gasteiger charge is 2.39. The predicted molar refractivity (Wildman–Crippen MR) is 113 cm³/mol. The van der Waals surface area contributed by atoms with Crippen LogP contribution in [0.15, 0.2) is 59.5 Å². The Balaban J connectivity index is 1.77. The lowest BCUT2D eigenvalue weighted by Gasteiger charge is -2.27. The van der Waals surface area contributed by atoms with Crippen LogP contribution in [0.3, 0.4) is 0 Å². The molecule has 2 aromatic rings. The number of hydrogen-bond acceptors (Lipinski definition) is 7. The average Bonchev–Trinajstić information content (AvgIpc) is 3.06. The normalized spacial score (nSPS) is 17.3. The van der Waals surface area contributed by atoms with Crippen molar-refractivity contribution in [2.75, 3.05) is 26.7 Å². The molecule has 1 aliphatic rings. The Morgan fingerprint density at radius 3 is 2.38 bits per heavy atom. The van der Waals surface area contributed by atoms with Crippen LogP contribution in [0, 0.1) is 0 Å². The third-order valence-electron chi connectivity index (χ3n) is 5.15. The van der Waals surface area contributed by atoms with Gasteiger partial charge >= 0.3 is 6.09 Å². The Labute approximate surface area is 186 Å². The van der Waals surface area contributed by atoms with Gasteiger partial charge in [-0.2, -0.15) is 4.31 Å². The molecule has 2 aromatic carbocycles. The van der Waals surface area contributed by atoms with Crippen molar-refractivity contribution < 1.29 is 32.7 Å². The largest absolute Gasteiger partial charge is 0.497 e. The number of ether oxygens (including phenoxy) is 2. The molecule has 0 spiro atoms. The van der Waals surface area contributed by atoms with Gasteiger partial charge in [-0.3, -0.25) is 10.0 Å². The van der Waals surface area contributed by atoms with E-state index >= 15 is 0 Å². The maximum absolute atomic E-state index is 13.2. The second-order valence-corrected chi connectivity index (χ2v) is 8.99. The summed E-state index contributed by atoms with van der Waals surface area (Å²) in [6.07, 6.45) is -0.622. The fourth-order valence-corrected chi connectivity index (χ4v) is 5.02. The van der Waals surface area contributed by atoms with Crippen LogP contribution in [0.5, 0.6) is 5.75 Å². The molecule has 2 amide bonds. The molecule has 172 valence electrons. The van der Waals surface area contributed by atoms with E-state index in [0.29, 0.717) is 5.75 Å². The lowest BCUT2D eigenvalue weighted by atomic mass is 10.2. The first-order chi connectivity index (χ1) is 15.4. The van der Waals surface area contributed by atoms with Gasteiger partial charge in [-0.25, -0.2) is 18.7 Å². The number of carbonyl (C=O) groups is 2. The van der Waals surface area contributed by atoms with Gasteiger partial charge in [0.1, 0.15) is 18.4 Å². The molecule has 0 bridgehead atoms. The van der Waals surface area contributed by atoms with Crippen molar-refractivity contribution in [3.05, 3.63) is 60.2 Å². The molecule has 1 heterocycles. The minimum absolute atomic E-state index is 0.0117. The van der Waals surface area contributed by atoms with E-state index in [1.807, 2.05) is 30.3 Å². The standard InChI is InChI=1S/C21H25N3O7S/c1-30-17-7-9-18(10-8-17)32(28,29)24-14-13-23(12-11-19(24)20(25)22-27)21(26)31-15-16-5-3-2-4-6-16/h2-10,19,27H,11-15H2,1H3,(H,22,25). The smallest absolute Gasteiger partial charge is 0.410 e. The second-order valence-electron chi connectivity index (χ2n) is 7.10. The van der Waals surface area contributed by atoms with Crippen LogP contribution >= 0.6 is 0 Å². The molecule has 3 rings (SSSR count). The van der Waals surface area contributed by atoms with Gasteiger partial charge in [-0.1, -0.05) is 30.3 Å². The predicted octanol–water partition coefficient (Wildman–Crippen LogP) is 1.60. The van der Waals surface area contributed by atoms with Gasteiger partial charge in [0.2, 0.25) is 10.0 Å². The zero-order valence-electron chi connectivity index (χ0n) is 17.5. The molecule has 0 radical (unpaired) electrons. The first-order valence-electron chi connectivity index (χ1n) is 9.92. The monoisotopic (exact) mass is 463 g/mol. The molecule has 10 nitrogen and oxygen atoms in total. The van der Waals surface area contributed by atoms with E-state index in [-0.39, 0.29) is 37.6 Å². The summed E-state index contributed by atoms with van der Waals surface area (Å²) >= 11 is 0. The molecule has 1 unspecified atom stereocenters. The molecule has 0 saturated carbocycles. The summed E-state index contributed by atoms with van der Waals surface area (Å²) in [5.41, 5.74) is 2.34. The number of nitrogens with one attached hydrogen (secondary N) is 1. The third-order valence-corrected chi connectivity index (χ3v) is 7.07. The zero-order valence-corrected chi connectivity index (χ0v) is 18.3. The number of hydrogen-bond donors (Lipinski definition) is 2. The van der Waals surface area contributed by atoms with E-state index in [2.05, 4.69) is 0 Å². The van der Waals surface area contributed by atoms with Crippen LogP contribution < -0.4 is 10.2 Å². The summed E-state index contributed by atoms with van der Waals surface area (Å²) in [6, 6.07) is 13.7. The highest BCUT2D eigenvalue weighted by Crippen LogP contribution is 2.24. The minimum atomic E-state index is -4.09. The van der Waals surface area contributed by atoms with Gasteiger partial charge in [0.25, 0.3) is 5.91 Å². The van der Waals surface area contributed by atoms with Crippen LogP contribution in [0.25, 0.3) is 0 Å². The number of amides is 2. The Morgan fingerprint density at radius 1 is 1.06 bits per heavy atom. The zero-order chi connectivity index (χ0) is 23.1. The van der Waals surface area contributed by atoms with E-state index in [4.69, 9.17) is 14.7 Å². The highest BCUT2D eigenvalue weighted by atomic mass is 32.2. The summed E-state index contributed by atoms with van der Waals surface area (Å²) in [5.74, 6) is -0.390. The van der Waals surface area contributed by atoms with Crippen LogP contribution in [0.4, 0.5) is 4.79 Å². The molecule has 1 fully saturated rings. The van der Waals surface area contributed by atoms with Gasteiger partial charge in [0.15, 0.2) is 0 Å². The fourth-order valence-electron chi connectivity index (χ4n) is 3.41. The summed E-state index contributed by atoms with van der Waals surface area (Å²) in [5, 5.41) is 9.14. The van der Waals surface area contributed by atoms with Crippen LogP contribution in [0.1, 0.15) is 12.0 Å². The Bertz CT molecular complexity index is 1030. The average molecular weight is 464 g/mol. The Kier molecular flexibility index (Phi) is 7.67. The van der Waals surface area contributed by atoms with Crippen molar-refractivity contribution in [1.29, 1.82) is 0 Å². The Morgan fingerprint density at radius 2 is 1.75 bits per heavy atom. The maximum Gasteiger partial charge on any atom is 0.410 e. The SMILES string of the molecule is COc1ccc(S(=O)(=O)N2CCN(C(=O)OCc3ccccc3)CCC2C(=O)NO)cc1. The molecule has 11 heteroatoms. The second kappa shape index (κ2) is 10.4. The van der Waals surface area contributed by atoms with E-state index in [1.165, 1.54) is 41.8 Å². The van der Waals surface area contributed by atoms with Crippen molar-refractivity contribution in [3.8, 4) is 5.75 Å². The number of nitrogens with zero attached hydrogens (tertiary/aromatic N) is 2. The van der Waals surface area contributed by atoms with E-state index in [9.17, 15) is 18.0 Å². The van der Waals surface area contributed by atoms with Crippen molar-refractivity contribution in [2.24, 2.45) is 0 Å². The molecule has 1 saturated heterocycles. The quantitative estimate of drug-likeness (QED) is 0.492. The van der Waals surface area contributed by atoms with Crippen LogP contribution in [-0.2, 0) is 26.2 Å². The highest BCUT2D eigenvalue weighted by molar-refractivity contribution is 7.89. The number of methoxy groups -OCH3 is 1. The van der Waals surface area contributed by atoms with Gasteiger partial charge in [-0.15, -0.1) is 0 Å². The van der Waals surface area contributed by atoms with Gasteiger partial charge < -0.3 is 14.4 Å². The topological polar surface area (TPSA) is 125 Å². The summed E-state index contributed by atoms with van der Waals surface area (Å²) < 4.78 is 37.9. The lowest BCUT2D eigenvalue weighted by molar-refractivity contribution is -0.133. The third kappa shape index (κ3) is 5.36. The van der Waals surface area contributed by atoms with Gasteiger partial charge in [0.05, 0.1) is 12.0 Å². The molecule has 32 heavy (non-hydrogen) atoms. The van der Waals surface area contributed by atoms with Crippen LogP contribution in [-0.4, -0.2) is 67.6 Å². The van der Waals surface area contributed by atoms with Gasteiger partial charge in [0, 0.05) is 19.6 Å².